The highest BCUT2D eigenvalue weighted by Crippen LogP contribution is 2.28. The molecule has 0 aliphatic rings. The van der Waals surface area contributed by atoms with Gasteiger partial charge in [-0.1, -0.05) is 23.7 Å². The van der Waals surface area contributed by atoms with Crippen LogP contribution in [0.1, 0.15) is 15.4 Å². The summed E-state index contributed by atoms with van der Waals surface area (Å²) in [5, 5.41) is 6.26. The number of aryl methyl sites for hydroxylation is 1. The van der Waals surface area contributed by atoms with Gasteiger partial charge in [0.1, 0.15) is 5.75 Å². The summed E-state index contributed by atoms with van der Waals surface area (Å²) in [6, 6.07) is 12.5. The van der Waals surface area contributed by atoms with Gasteiger partial charge in [-0.05, 0) is 37.3 Å². The molecule has 0 aliphatic carbocycles. The predicted octanol–water partition coefficient (Wildman–Crippen LogP) is 5.03. The van der Waals surface area contributed by atoms with Crippen molar-refractivity contribution in [2.75, 3.05) is 12.4 Å². The zero-order chi connectivity index (χ0) is 17.1. The Morgan fingerprint density at radius 2 is 2.08 bits per heavy atom. The number of hydrogen-bond acceptors (Lipinski definition) is 4. The van der Waals surface area contributed by atoms with Crippen LogP contribution in [0.5, 0.6) is 5.75 Å². The number of benzene rings is 2. The third-order valence-corrected chi connectivity index (χ3v) is 4.52. The Kier molecular flexibility index (Phi) is 4.83. The largest absolute Gasteiger partial charge is 0.495 e. The number of nitrogens with zero attached hydrogens (tertiary/aromatic N) is 1. The molecule has 6 heteroatoms. The average Bonchev–Trinajstić information content (AvgIpc) is 3.02. The molecular weight excluding hydrogens is 344 g/mol. The maximum atomic E-state index is 12.5. The number of rotatable bonds is 4. The molecule has 122 valence electrons. The van der Waals surface area contributed by atoms with E-state index in [2.05, 4.69) is 10.3 Å². The van der Waals surface area contributed by atoms with Crippen LogP contribution in [0.15, 0.2) is 47.8 Å². The number of carbonyl (C=O) groups is 1. The summed E-state index contributed by atoms with van der Waals surface area (Å²) >= 11 is 7.67. The molecular formula is C18H15ClN2O2S. The van der Waals surface area contributed by atoms with Crippen LogP contribution in [0, 0.1) is 6.92 Å². The minimum atomic E-state index is -0.204. The lowest BCUT2D eigenvalue weighted by Gasteiger charge is -2.08. The Balaban J connectivity index is 1.81. The van der Waals surface area contributed by atoms with E-state index >= 15 is 0 Å². The highest BCUT2D eigenvalue weighted by atomic mass is 35.5. The maximum Gasteiger partial charge on any atom is 0.255 e. The van der Waals surface area contributed by atoms with Gasteiger partial charge < -0.3 is 10.1 Å². The number of carbonyl (C=O) groups excluding carboxylic acids is 1. The van der Waals surface area contributed by atoms with Crippen molar-refractivity contribution in [1.82, 2.24) is 4.98 Å². The van der Waals surface area contributed by atoms with Crippen molar-refractivity contribution in [3.63, 3.8) is 0 Å². The van der Waals surface area contributed by atoms with Gasteiger partial charge in [-0.25, -0.2) is 4.98 Å². The van der Waals surface area contributed by atoms with E-state index in [0.29, 0.717) is 22.0 Å². The first-order chi connectivity index (χ1) is 11.6. The van der Waals surface area contributed by atoms with Crippen LogP contribution < -0.4 is 10.1 Å². The highest BCUT2D eigenvalue weighted by molar-refractivity contribution is 7.09. The Bertz CT molecular complexity index is 892. The minimum absolute atomic E-state index is 0.204. The molecule has 0 bridgehead atoms. The number of halogens is 1. The van der Waals surface area contributed by atoms with Crippen LogP contribution in [0.2, 0.25) is 5.02 Å². The Morgan fingerprint density at radius 1 is 1.25 bits per heavy atom. The molecule has 1 amide bonds. The smallest absolute Gasteiger partial charge is 0.255 e. The molecule has 1 heterocycles. The number of thiazole rings is 1. The minimum Gasteiger partial charge on any atom is -0.495 e. The molecule has 0 unspecified atom stereocenters. The van der Waals surface area contributed by atoms with E-state index in [9.17, 15) is 4.79 Å². The fourth-order valence-electron chi connectivity index (χ4n) is 2.26. The zero-order valence-electron chi connectivity index (χ0n) is 13.2. The van der Waals surface area contributed by atoms with Gasteiger partial charge in [0.05, 0.1) is 22.8 Å². The lowest BCUT2D eigenvalue weighted by molar-refractivity contribution is 0.102. The summed E-state index contributed by atoms with van der Waals surface area (Å²) in [6.45, 7) is 1.96. The standard InChI is InChI=1S/C18H15ClN2O2S/c1-11-20-16(10-24-11)12-4-3-5-13(8-12)18(22)21-14-6-7-17(23-2)15(19)9-14/h3-10H,1-2H3,(H,21,22). The Hall–Kier alpha value is -2.37. The average molecular weight is 359 g/mol. The van der Waals surface area contributed by atoms with Crippen molar-refractivity contribution in [3.05, 3.63) is 63.4 Å². The SMILES string of the molecule is COc1ccc(NC(=O)c2cccc(-c3csc(C)n3)c2)cc1Cl. The molecule has 3 aromatic rings. The number of aromatic nitrogens is 1. The van der Waals surface area contributed by atoms with Gasteiger partial charge in [0.25, 0.3) is 5.91 Å². The van der Waals surface area contributed by atoms with E-state index < -0.39 is 0 Å². The van der Waals surface area contributed by atoms with Crippen molar-refractivity contribution < 1.29 is 9.53 Å². The lowest BCUT2D eigenvalue weighted by atomic mass is 10.1. The van der Waals surface area contributed by atoms with Crippen LogP contribution in [0.25, 0.3) is 11.3 Å². The normalized spacial score (nSPS) is 10.5. The molecule has 0 fully saturated rings. The maximum absolute atomic E-state index is 12.5. The van der Waals surface area contributed by atoms with Gasteiger partial charge >= 0.3 is 0 Å². The molecule has 2 aromatic carbocycles. The summed E-state index contributed by atoms with van der Waals surface area (Å²) in [5.74, 6) is 0.362. The van der Waals surface area contributed by atoms with Crippen LogP contribution in [0.4, 0.5) is 5.69 Å². The molecule has 0 spiro atoms. The molecule has 0 radical (unpaired) electrons. The van der Waals surface area contributed by atoms with Gasteiger partial charge in [-0.2, -0.15) is 0 Å². The molecule has 1 aromatic heterocycles. The van der Waals surface area contributed by atoms with Crippen molar-refractivity contribution in [3.8, 4) is 17.0 Å². The summed E-state index contributed by atoms with van der Waals surface area (Å²) in [6.07, 6.45) is 0. The fraction of sp³-hybridized carbons (Fsp3) is 0.111. The third-order valence-electron chi connectivity index (χ3n) is 3.45. The van der Waals surface area contributed by atoms with E-state index in [0.717, 1.165) is 16.3 Å². The Morgan fingerprint density at radius 3 is 2.75 bits per heavy atom. The van der Waals surface area contributed by atoms with E-state index in [-0.39, 0.29) is 5.91 Å². The second-order valence-corrected chi connectivity index (χ2v) is 6.61. The van der Waals surface area contributed by atoms with Gasteiger partial charge in [-0.3, -0.25) is 4.79 Å². The number of nitrogens with one attached hydrogen (secondary N) is 1. The number of hydrogen-bond donors (Lipinski definition) is 1. The second kappa shape index (κ2) is 7.03. The first-order valence-corrected chi connectivity index (χ1v) is 8.50. The molecule has 1 N–H and O–H groups in total. The van der Waals surface area contributed by atoms with E-state index in [4.69, 9.17) is 16.3 Å². The van der Waals surface area contributed by atoms with Gasteiger partial charge in [0.15, 0.2) is 0 Å². The van der Waals surface area contributed by atoms with Crippen molar-refractivity contribution >= 4 is 34.5 Å². The van der Waals surface area contributed by atoms with Crippen molar-refractivity contribution in [2.45, 2.75) is 6.92 Å². The first-order valence-electron chi connectivity index (χ1n) is 7.24. The van der Waals surface area contributed by atoms with Gasteiger partial charge in [0, 0.05) is 22.2 Å². The third kappa shape index (κ3) is 3.58. The highest BCUT2D eigenvalue weighted by Gasteiger charge is 2.10. The van der Waals surface area contributed by atoms with Crippen LogP contribution in [0.3, 0.4) is 0 Å². The lowest BCUT2D eigenvalue weighted by Crippen LogP contribution is -2.11. The van der Waals surface area contributed by atoms with Gasteiger partial charge in [-0.15, -0.1) is 11.3 Å². The molecule has 0 saturated heterocycles. The van der Waals surface area contributed by atoms with E-state index in [1.807, 2.05) is 30.5 Å². The summed E-state index contributed by atoms with van der Waals surface area (Å²) in [7, 11) is 1.55. The second-order valence-electron chi connectivity index (χ2n) is 5.14. The van der Waals surface area contributed by atoms with Gasteiger partial charge in [0.2, 0.25) is 0 Å². The van der Waals surface area contributed by atoms with Crippen LogP contribution >= 0.6 is 22.9 Å². The summed E-state index contributed by atoms with van der Waals surface area (Å²) < 4.78 is 5.11. The molecule has 0 atom stereocenters. The molecule has 0 saturated carbocycles. The van der Waals surface area contributed by atoms with E-state index in [1.54, 1.807) is 42.7 Å². The van der Waals surface area contributed by atoms with Crippen LogP contribution in [-0.4, -0.2) is 18.0 Å². The first kappa shape index (κ1) is 16.5. The quantitative estimate of drug-likeness (QED) is 0.711. The molecule has 24 heavy (non-hydrogen) atoms. The summed E-state index contributed by atoms with van der Waals surface area (Å²) in [5.41, 5.74) is 2.96. The topological polar surface area (TPSA) is 51.2 Å². The predicted molar refractivity (Wildman–Crippen MR) is 98.2 cm³/mol. The zero-order valence-corrected chi connectivity index (χ0v) is 14.7. The van der Waals surface area contributed by atoms with Crippen molar-refractivity contribution in [2.24, 2.45) is 0 Å². The Labute approximate surface area is 149 Å². The summed E-state index contributed by atoms with van der Waals surface area (Å²) in [4.78, 5) is 16.9. The monoisotopic (exact) mass is 358 g/mol. The number of anilines is 1. The number of amides is 1. The molecule has 0 aliphatic heterocycles. The van der Waals surface area contributed by atoms with Crippen molar-refractivity contribution in [1.29, 1.82) is 0 Å². The number of ether oxygens (including phenoxy) is 1. The van der Waals surface area contributed by atoms with Crippen LogP contribution in [-0.2, 0) is 0 Å². The number of methoxy groups -OCH3 is 1. The fourth-order valence-corrected chi connectivity index (χ4v) is 3.14. The molecule has 4 nitrogen and oxygen atoms in total. The van der Waals surface area contributed by atoms with E-state index in [1.165, 1.54) is 0 Å². The molecule has 3 rings (SSSR count).